The van der Waals surface area contributed by atoms with Crippen molar-refractivity contribution in [3.05, 3.63) is 65.9 Å². The van der Waals surface area contributed by atoms with Gasteiger partial charge in [-0.25, -0.2) is 0 Å². The molecule has 1 atom stereocenters. The van der Waals surface area contributed by atoms with Gasteiger partial charge in [0.05, 0.1) is 28.9 Å². The van der Waals surface area contributed by atoms with Crippen LogP contribution in [0.2, 0.25) is 0 Å². The van der Waals surface area contributed by atoms with Gasteiger partial charge in [0.15, 0.2) is 6.10 Å². The highest BCUT2D eigenvalue weighted by atomic mass is 19.4. The Hall–Kier alpha value is -3.95. The average molecular weight is 457 g/mol. The minimum atomic E-state index is -4.61. The Balaban J connectivity index is 1.50. The summed E-state index contributed by atoms with van der Waals surface area (Å²) in [7, 11) is 0. The minimum absolute atomic E-state index is 0.0914. The number of carbonyl (C=O) groups excluding carboxylic acids is 3. The van der Waals surface area contributed by atoms with Crippen molar-refractivity contribution < 1.29 is 32.3 Å². The first-order valence-electron chi connectivity index (χ1n) is 9.98. The lowest BCUT2D eigenvalue weighted by molar-refractivity contribution is -0.153. The Labute approximate surface area is 186 Å². The van der Waals surface area contributed by atoms with Gasteiger partial charge < -0.3 is 10.1 Å². The highest BCUT2D eigenvalue weighted by molar-refractivity contribution is 6.11. The summed E-state index contributed by atoms with van der Waals surface area (Å²) in [6, 6.07) is 11.7. The Kier molecular flexibility index (Phi) is 5.75. The third-order valence-electron chi connectivity index (χ3n) is 5.16. The van der Waals surface area contributed by atoms with Gasteiger partial charge in [-0.3, -0.25) is 24.3 Å². The lowest BCUT2D eigenvalue weighted by Crippen LogP contribution is -2.47. The summed E-state index contributed by atoms with van der Waals surface area (Å²) >= 11 is 0. The van der Waals surface area contributed by atoms with Crippen molar-refractivity contribution in [2.75, 3.05) is 16.8 Å². The third-order valence-corrected chi connectivity index (χ3v) is 5.16. The van der Waals surface area contributed by atoms with Crippen LogP contribution in [0.4, 0.5) is 24.5 Å². The fourth-order valence-electron chi connectivity index (χ4n) is 3.64. The van der Waals surface area contributed by atoms with Crippen LogP contribution < -0.4 is 10.2 Å². The molecule has 1 unspecified atom stereocenters. The normalized spacial score (nSPS) is 14.4. The van der Waals surface area contributed by atoms with Crippen molar-refractivity contribution >= 4 is 40.1 Å². The van der Waals surface area contributed by atoms with Crippen LogP contribution in [-0.2, 0) is 31.7 Å². The maximum Gasteiger partial charge on any atom is 0.416 e. The molecule has 2 heterocycles. The molecule has 4 rings (SSSR count). The number of fused-ring (bicyclic) bond motifs is 2. The van der Waals surface area contributed by atoms with E-state index in [0.29, 0.717) is 11.1 Å². The fourth-order valence-corrected chi connectivity index (χ4v) is 3.64. The number of alkyl halides is 3. The number of anilines is 2. The zero-order valence-corrected chi connectivity index (χ0v) is 17.3. The Bertz CT molecular complexity index is 1250. The number of aromatic nitrogens is 1. The topological polar surface area (TPSA) is 88.6 Å². The van der Waals surface area contributed by atoms with Gasteiger partial charge in [0.25, 0.3) is 5.91 Å². The molecule has 0 fully saturated rings. The highest BCUT2D eigenvalue weighted by Crippen LogP contribution is 2.37. The zero-order valence-electron chi connectivity index (χ0n) is 17.3. The number of esters is 1. The maximum atomic E-state index is 13.0. The summed E-state index contributed by atoms with van der Waals surface area (Å²) in [6.45, 7) is 0.935. The lowest BCUT2D eigenvalue weighted by Gasteiger charge is -2.31. The first kappa shape index (κ1) is 22.3. The van der Waals surface area contributed by atoms with E-state index in [9.17, 15) is 27.6 Å². The van der Waals surface area contributed by atoms with Crippen molar-refractivity contribution in [1.29, 1.82) is 0 Å². The maximum absolute atomic E-state index is 13.0. The van der Waals surface area contributed by atoms with E-state index in [1.807, 2.05) is 12.1 Å². The van der Waals surface area contributed by atoms with E-state index in [-0.39, 0.29) is 17.8 Å². The molecule has 170 valence electrons. The first-order valence-corrected chi connectivity index (χ1v) is 9.98. The number of rotatable bonds is 4. The molecule has 2 amide bonds. The van der Waals surface area contributed by atoms with Crippen molar-refractivity contribution in [1.82, 2.24) is 4.98 Å². The number of pyridine rings is 1. The van der Waals surface area contributed by atoms with Crippen LogP contribution >= 0.6 is 0 Å². The van der Waals surface area contributed by atoms with Crippen LogP contribution in [0.25, 0.3) is 10.9 Å². The van der Waals surface area contributed by atoms with E-state index in [4.69, 9.17) is 4.74 Å². The van der Waals surface area contributed by atoms with Gasteiger partial charge >= 0.3 is 12.1 Å². The van der Waals surface area contributed by atoms with Gasteiger partial charge in [0.1, 0.15) is 6.54 Å². The molecular weight excluding hydrogens is 439 g/mol. The Morgan fingerprint density at radius 2 is 1.94 bits per heavy atom. The monoisotopic (exact) mass is 457 g/mol. The number of nitrogens with one attached hydrogen (secondary N) is 1. The summed E-state index contributed by atoms with van der Waals surface area (Å²) in [4.78, 5) is 42.7. The van der Waals surface area contributed by atoms with Gasteiger partial charge in [-0.05, 0) is 36.8 Å². The van der Waals surface area contributed by atoms with Gasteiger partial charge in [-0.2, -0.15) is 13.2 Å². The number of ether oxygens (including phenoxy) is 1. The second kappa shape index (κ2) is 8.53. The van der Waals surface area contributed by atoms with Gasteiger partial charge in [-0.1, -0.05) is 24.3 Å². The second-order valence-electron chi connectivity index (χ2n) is 7.50. The van der Waals surface area contributed by atoms with Gasteiger partial charge in [-0.15, -0.1) is 0 Å². The van der Waals surface area contributed by atoms with Gasteiger partial charge in [0.2, 0.25) is 5.91 Å². The molecule has 1 N–H and O–H groups in total. The van der Waals surface area contributed by atoms with E-state index in [1.165, 1.54) is 6.92 Å². The highest BCUT2D eigenvalue weighted by Gasteiger charge is 2.35. The van der Waals surface area contributed by atoms with Crippen molar-refractivity contribution in [2.45, 2.75) is 25.6 Å². The predicted molar refractivity (Wildman–Crippen MR) is 113 cm³/mol. The number of amides is 2. The number of para-hydroxylation sites is 1. The largest absolute Gasteiger partial charge is 0.452 e. The van der Waals surface area contributed by atoms with E-state index in [1.54, 1.807) is 24.4 Å². The van der Waals surface area contributed by atoms with Crippen molar-refractivity contribution in [3.8, 4) is 0 Å². The predicted octanol–water partition coefficient (Wildman–Crippen LogP) is 3.71. The number of benzene rings is 2. The molecule has 1 aromatic heterocycles. The number of hydrogen-bond acceptors (Lipinski definition) is 5. The van der Waals surface area contributed by atoms with Crippen LogP contribution in [-0.4, -0.2) is 35.4 Å². The smallest absolute Gasteiger partial charge is 0.416 e. The summed E-state index contributed by atoms with van der Waals surface area (Å²) < 4.78 is 44.3. The summed E-state index contributed by atoms with van der Waals surface area (Å²) in [5.41, 5.74) is 0.251. The molecule has 0 aliphatic carbocycles. The first-order chi connectivity index (χ1) is 15.6. The van der Waals surface area contributed by atoms with Gasteiger partial charge in [0, 0.05) is 11.6 Å². The van der Waals surface area contributed by atoms with Crippen LogP contribution in [0.15, 0.2) is 54.7 Å². The van der Waals surface area contributed by atoms with Crippen molar-refractivity contribution in [3.63, 3.8) is 0 Å². The SMILES string of the molecule is CC(OC(=O)Cc1cccc2cccnc12)C(=O)N1CC(=O)Nc2cc(C(F)(F)F)ccc21. The van der Waals surface area contributed by atoms with E-state index >= 15 is 0 Å². The Morgan fingerprint density at radius 1 is 1.18 bits per heavy atom. The molecule has 1 aliphatic heterocycles. The quantitative estimate of drug-likeness (QED) is 0.604. The molecule has 0 bridgehead atoms. The molecule has 2 aromatic carbocycles. The molecule has 0 saturated carbocycles. The molecule has 33 heavy (non-hydrogen) atoms. The number of carbonyl (C=O) groups is 3. The number of halogens is 3. The molecule has 0 radical (unpaired) electrons. The van der Waals surface area contributed by atoms with Crippen LogP contribution in [0, 0.1) is 0 Å². The molecule has 0 saturated heterocycles. The number of hydrogen-bond donors (Lipinski definition) is 1. The van der Waals surface area contributed by atoms with Crippen molar-refractivity contribution in [2.24, 2.45) is 0 Å². The summed E-state index contributed by atoms with van der Waals surface area (Å²) in [5.74, 6) is -2.06. The summed E-state index contributed by atoms with van der Waals surface area (Å²) in [5, 5.41) is 3.19. The molecule has 3 aromatic rings. The fraction of sp³-hybridized carbons (Fsp3) is 0.217. The average Bonchev–Trinajstić information content (AvgIpc) is 2.77. The van der Waals surface area contributed by atoms with E-state index < -0.39 is 42.2 Å². The molecule has 10 heteroatoms. The zero-order chi connectivity index (χ0) is 23.8. The summed E-state index contributed by atoms with van der Waals surface area (Å²) in [6.07, 6.45) is -4.39. The minimum Gasteiger partial charge on any atom is -0.452 e. The van der Waals surface area contributed by atoms with E-state index in [0.717, 1.165) is 28.5 Å². The van der Waals surface area contributed by atoms with Crippen LogP contribution in [0.1, 0.15) is 18.1 Å². The van der Waals surface area contributed by atoms with E-state index in [2.05, 4.69) is 10.3 Å². The molecule has 7 nitrogen and oxygen atoms in total. The second-order valence-corrected chi connectivity index (χ2v) is 7.50. The lowest BCUT2D eigenvalue weighted by atomic mass is 10.1. The number of nitrogens with zero attached hydrogens (tertiary/aromatic N) is 2. The Morgan fingerprint density at radius 3 is 2.70 bits per heavy atom. The molecular formula is C23H18F3N3O4. The third kappa shape index (κ3) is 4.64. The van der Waals surface area contributed by atoms with Crippen LogP contribution in [0.3, 0.4) is 0 Å². The standard InChI is InChI=1S/C23H18F3N3O4/c1-13(33-20(31)10-15-5-2-4-14-6-3-9-27-21(14)15)22(32)29-12-19(30)28-17-11-16(23(24,25)26)7-8-18(17)29/h2-9,11,13H,10,12H2,1H3,(H,28,30). The molecule has 1 aliphatic rings. The van der Waals surface area contributed by atoms with Crippen LogP contribution in [0.5, 0.6) is 0 Å². The molecule has 0 spiro atoms.